The van der Waals surface area contributed by atoms with E-state index in [2.05, 4.69) is 14.9 Å². The number of benzene rings is 1. The van der Waals surface area contributed by atoms with Crippen LogP contribution in [0, 0.1) is 10.1 Å². The summed E-state index contributed by atoms with van der Waals surface area (Å²) >= 11 is 5.30. The fraction of sp³-hybridized carbons (Fsp3) is 0.308. The van der Waals surface area contributed by atoms with Gasteiger partial charge in [-0.05, 0) is 17.8 Å². The number of hydrogen-bond acceptors (Lipinski definition) is 7. The molecular weight excluding hydrogens is 314 g/mol. The maximum absolute atomic E-state index is 11.5. The van der Waals surface area contributed by atoms with Crippen LogP contribution in [0.3, 0.4) is 0 Å². The van der Waals surface area contributed by atoms with E-state index in [-0.39, 0.29) is 22.7 Å². The lowest BCUT2D eigenvalue weighted by Crippen LogP contribution is -2.08. The zero-order chi connectivity index (χ0) is 16.5. The van der Waals surface area contributed by atoms with Crippen LogP contribution in [0.25, 0.3) is 0 Å². The van der Waals surface area contributed by atoms with Gasteiger partial charge in [0.25, 0.3) is 5.69 Å². The lowest BCUT2D eigenvalue weighted by molar-refractivity contribution is -0.384. The normalized spacial score (nSPS) is 10.5. The Bertz CT molecular complexity index is 577. The molecule has 0 heterocycles. The summed E-state index contributed by atoms with van der Waals surface area (Å²) in [5.41, 5.74) is -0.0502. The van der Waals surface area contributed by atoms with E-state index in [1.165, 1.54) is 20.3 Å². The molecule has 9 heteroatoms. The average Bonchev–Trinajstić information content (AvgIpc) is 2.53. The predicted octanol–water partition coefficient (Wildman–Crippen LogP) is 2.10. The number of carbonyl (C=O) groups is 1. The van der Waals surface area contributed by atoms with Crippen molar-refractivity contribution >= 4 is 29.1 Å². The molecule has 0 bridgehead atoms. The number of methoxy groups -OCH3 is 2. The summed E-state index contributed by atoms with van der Waals surface area (Å²) in [6.07, 6.45) is 3.49. The van der Waals surface area contributed by atoms with Gasteiger partial charge in [0, 0.05) is 19.2 Å². The molecule has 0 saturated heterocycles. The van der Waals surface area contributed by atoms with Crippen molar-refractivity contribution in [2.75, 3.05) is 32.6 Å². The van der Waals surface area contributed by atoms with Crippen molar-refractivity contribution in [2.24, 2.45) is 0 Å². The Balaban J connectivity index is 3.12. The quantitative estimate of drug-likeness (QED) is 0.247. The van der Waals surface area contributed by atoms with Crippen molar-refractivity contribution in [2.45, 2.75) is 0 Å². The third-order valence-corrected chi connectivity index (χ3v) is 2.83. The summed E-state index contributed by atoms with van der Waals surface area (Å²) in [5.74, 6) is -0.500. The molecule has 0 aliphatic carbocycles. The van der Waals surface area contributed by atoms with Crippen LogP contribution in [-0.2, 0) is 4.74 Å². The summed E-state index contributed by atoms with van der Waals surface area (Å²) < 4.78 is 9.69. The van der Waals surface area contributed by atoms with Crippen molar-refractivity contribution in [3.63, 3.8) is 0 Å². The van der Waals surface area contributed by atoms with Crippen molar-refractivity contribution in [1.29, 1.82) is 0 Å². The molecule has 22 heavy (non-hydrogen) atoms. The number of ether oxygens (including phenoxy) is 2. The fourth-order valence-electron chi connectivity index (χ4n) is 1.69. The zero-order valence-corrected chi connectivity index (χ0v) is 12.8. The van der Waals surface area contributed by atoms with Crippen LogP contribution < -0.4 is 14.9 Å². The van der Waals surface area contributed by atoms with Gasteiger partial charge < -0.3 is 14.8 Å². The van der Waals surface area contributed by atoms with Crippen LogP contribution in [0.15, 0.2) is 24.3 Å². The van der Waals surface area contributed by atoms with Crippen LogP contribution >= 0.6 is 11.8 Å². The summed E-state index contributed by atoms with van der Waals surface area (Å²) in [4.78, 5) is 24.6. The molecule has 0 fully saturated rings. The third-order valence-electron chi connectivity index (χ3n) is 2.68. The highest BCUT2D eigenvalue weighted by Crippen LogP contribution is 2.36. The van der Waals surface area contributed by atoms with Gasteiger partial charge in [0.2, 0.25) is 0 Å². The fourth-order valence-corrected chi connectivity index (χ4v) is 1.78. The van der Waals surface area contributed by atoms with Gasteiger partial charge in [-0.15, -0.1) is 0 Å². The number of nitrogens with one attached hydrogen (secondary N) is 2. The molecule has 0 spiro atoms. The molecule has 2 N–H and O–H groups in total. The van der Waals surface area contributed by atoms with Gasteiger partial charge in [-0.1, -0.05) is 12.2 Å². The summed E-state index contributed by atoms with van der Waals surface area (Å²) in [7, 11) is 2.56. The molecule has 0 aliphatic rings. The maximum atomic E-state index is 11.5. The first kappa shape index (κ1) is 17.7. The topological polar surface area (TPSA) is 103 Å². The Morgan fingerprint density at radius 2 is 2.05 bits per heavy atom. The number of nitro benzene ring substituents is 1. The second-order valence-electron chi connectivity index (χ2n) is 4.01. The van der Waals surface area contributed by atoms with Crippen LogP contribution in [-0.4, -0.2) is 38.2 Å². The van der Waals surface area contributed by atoms with Crippen molar-refractivity contribution < 1.29 is 19.2 Å². The Morgan fingerprint density at radius 3 is 2.59 bits per heavy atom. The van der Waals surface area contributed by atoms with Crippen molar-refractivity contribution in [1.82, 2.24) is 4.84 Å². The van der Waals surface area contributed by atoms with E-state index in [0.717, 1.165) is 6.07 Å². The first-order valence-electron chi connectivity index (χ1n) is 6.22. The number of rotatable bonds is 8. The molecule has 0 radical (unpaired) electrons. The number of nitrogens with zero attached hydrogens (tertiary/aromatic N) is 1. The second kappa shape index (κ2) is 8.85. The summed E-state index contributed by atoms with van der Waals surface area (Å²) in [5, 5.41) is 14.1. The van der Waals surface area contributed by atoms with Gasteiger partial charge >= 0.3 is 5.97 Å². The third kappa shape index (κ3) is 4.61. The summed E-state index contributed by atoms with van der Waals surface area (Å²) in [6.45, 7) is 0.789. The van der Waals surface area contributed by atoms with E-state index in [1.807, 2.05) is 0 Å². The molecule has 120 valence electrons. The number of nitro groups is 1. The van der Waals surface area contributed by atoms with Crippen LogP contribution in [0.4, 0.5) is 11.4 Å². The Kier molecular flexibility index (Phi) is 7.14. The minimum Gasteiger partial charge on any atom is -0.494 e. The molecular formula is C13H16ClN3O5. The van der Waals surface area contributed by atoms with Gasteiger partial charge in [-0.3, -0.25) is 10.1 Å². The van der Waals surface area contributed by atoms with Crippen LogP contribution in [0.5, 0.6) is 5.75 Å². The molecule has 0 aromatic heterocycles. The van der Waals surface area contributed by atoms with E-state index in [9.17, 15) is 14.9 Å². The van der Waals surface area contributed by atoms with E-state index < -0.39 is 10.9 Å². The first-order valence-corrected chi connectivity index (χ1v) is 6.60. The Labute approximate surface area is 132 Å². The number of halogens is 1. The lowest BCUT2D eigenvalue weighted by atomic mass is 10.1. The molecule has 0 unspecified atom stereocenters. The minimum absolute atomic E-state index is 0.0403. The highest BCUT2D eigenvalue weighted by molar-refractivity contribution is 6.13. The number of anilines is 1. The van der Waals surface area contributed by atoms with Gasteiger partial charge in [0.1, 0.15) is 5.75 Å². The summed E-state index contributed by atoms with van der Waals surface area (Å²) in [6, 6.07) is 2.52. The molecule has 1 aromatic rings. The molecule has 0 atom stereocenters. The van der Waals surface area contributed by atoms with Gasteiger partial charge in [-0.25, -0.2) is 9.63 Å². The number of esters is 1. The van der Waals surface area contributed by atoms with Crippen LogP contribution in [0.2, 0.25) is 0 Å². The maximum Gasteiger partial charge on any atom is 0.338 e. The standard InChI is InChI=1S/C13H16ClN3O5/c1-21-11-8-9(13(18)22-2)7-10(17(19)20)12(11)15-5-3-4-6-16-14/h3-4,7-8,15-16H,5-6H2,1-2H3/b4-3+. The average molecular weight is 330 g/mol. The molecule has 0 aliphatic heterocycles. The first-order chi connectivity index (χ1) is 10.5. The molecule has 1 aromatic carbocycles. The lowest BCUT2D eigenvalue weighted by Gasteiger charge is -2.11. The van der Waals surface area contributed by atoms with Gasteiger partial charge in [0.15, 0.2) is 5.69 Å². The van der Waals surface area contributed by atoms with E-state index in [1.54, 1.807) is 12.2 Å². The van der Waals surface area contributed by atoms with Crippen LogP contribution in [0.1, 0.15) is 10.4 Å². The van der Waals surface area contributed by atoms with Gasteiger partial charge in [-0.2, -0.15) is 0 Å². The predicted molar refractivity (Wildman–Crippen MR) is 82.5 cm³/mol. The molecule has 0 amide bonds. The number of hydrogen-bond donors (Lipinski definition) is 2. The van der Waals surface area contributed by atoms with E-state index >= 15 is 0 Å². The highest BCUT2D eigenvalue weighted by atomic mass is 35.5. The van der Waals surface area contributed by atoms with Gasteiger partial charge in [0.05, 0.1) is 24.7 Å². The van der Waals surface area contributed by atoms with E-state index in [0.29, 0.717) is 13.1 Å². The van der Waals surface area contributed by atoms with Crippen molar-refractivity contribution in [3.8, 4) is 5.75 Å². The highest BCUT2D eigenvalue weighted by Gasteiger charge is 2.22. The Morgan fingerprint density at radius 1 is 1.36 bits per heavy atom. The number of carbonyl (C=O) groups excluding carboxylic acids is 1. The molecule has 8 nitrogen and oxygen atoms in total. The molecule has 1 rings (SSSR count). The SMILES string of the molecule is COC(=O)c1cc(OC)c(NC/C=C/CNCl)c([N+](=O)[O-])c1. The minimum atomic E-state index is -0.680. The smallest absolute Gasteiger partial charge is 0.338 e. The molecule has 0 saturated carbocycles. The second-order valence-corrected chi connectivity index (χ2v) is 4.28. The monoisotopic (exact) mass is 329 g/mol. The largest absolute Gasteiger partial charge is 0.494 e. The zero-order valence-electron chi connectivity index (χ0n) is 12.1. The van der Waals surface area contributed by atoms with E-state index in [4.69, 9.17) is 16.5 Å². The Hall–Kier alpha value is -2.32. The van der Waals surface area contributed by atoms with Crippen molar-refractivity contribution in [3.05, 3.63) is 40.0 Å².